The Hall–Kier alpha value is -3.78. The molecule has 0 spiro atoms. The molecule has 1 aliphatic rings. The molecule has 0 aliphatic carbocycles. The number of hydrogen-bond donors (Lipinski definition) is 3. The largest absolute Gasteiger partial charge is 0.478 e. The number of thioether (sulfide) groups is 1. The number of nitrogens with zero attached hydrogens (tertiary/aromatic N) is 4. The molecule has 1 unspecified atom stereocenters. The molecule has 13 nitrogen and oxygen atoms in total. The first kappa shape index (κ1) is 26.5. The average Bonchev–Trinajstić information content (AvgIpc) is 3.15. The zero-order chi connectivity index (χ0) is 25.3. The maximum Gasteiger partial charge on any atom is 0.328 e. The Labute approximate surface area is 198 Å². The second-order valence-corrected chi connectivity index (χ2v) is 7.83. The molecule has 2 aromatic rings. The Balaban J connectivity index is 0.000000440. The smallest absolute Gasteiger partial charge is 0.328 e. The standard InChI is InChI=1S/C16H19N5O4S.C4H4O4/c1-9(22)24-14-6-11-4-5-17-13(8-26-16-18-19-20-21(16)3)12(11)7-15(14)25-10(2)23;5-3(6)1-2-4(7)8/h6-7,13,17H,4-5,8H2,1-3H3;1-2H,(H,5,6)(H,7,8). The van der Waals surface area contributed by atoms with E-state index in [1.165, 1.54) is 25.6 Å². The number of carbonyl (C=O) groups is 4. The van der Waals surface area contributed by atoms with E-state index in [2.05, 4.69) is 20.8 Å². The number of rotatable bonds is 7. The molecule has 1 atom stereocenters. The molecule has 2 heterocycles. The van der Waals surface area contributed by atoms with E-state index in [4.69, 9.17) is 19.7 Å². The van der Waals surface area contributed by atoms with E-state index in [0.717, 1.165) is 29.2 Å². The van der Waals surface area contributed by atoms with Crippen LogP contribution in [0.2, 0.25) is 0 Å². The minimum Gasteiger partial charge on any atom is -0.478 e. The quantitative estimate of drug-likeness (QED) is 0.213. The van der Waals surface area contributed by atoms with Crippen molar-refractivity contribution in [1.82, 2.24) is 25.5 Å². The summed E-state index contributed by atoms with van der Waals surface area (Å²) in [7, 11) is 1.79. The van der Waals surface area contributed by atoms with Crippen LogP contribution in [0.25, 0.3) is 0 Å². The molecule has 1 aromatic carbocycles. The normalized spacial score (nSPS) is 14.5. The first-order valence-electron chi connectivity index (χ1n) is 9.83. The summed E-state index contributed by atoms with van der Waals surface area (Å²) in [5.41, 5.74) is 2.06. The highest BCUT2D eigenvalue weighted by atomic mass is 32.2. The molecule has 3 rings (SSSR count). The Bertz CT molecular complexity index is 1080. The number of esters is 2. The minimum absolute atomic E-state index is 0.0288. The molecular formula is C20H23N5O8S. The lowest BCUT2D eigenvalue weighted by atomic mass is 9.94. The predicted octanol–water partition coefficient (Wildman–Crippen LogP) is 0.752. The van der Waals surface area contributed by atoms with E-state index in [1.807, 2.05) is 0 Å². The van der Waals surface area contributed by atoms with Gasteiger partial charge in [0.1, 0.15) is 0 Å². The molecule has 0 bridgehead atoms. The van der Waals surface area contributed by atoms with Crippen LogP contribution in [0.15, 0.2) is 29.4 Å². The molecule has 0 amide bonds. The molecule has 3 N–H and O–H groups in total. The van der Waals surface area contributed by atoms with Crippen molar-refractivity contribution in [3.8, 4) is 11.5 Å². The van der Waals surface area contributed by atoms with Crippen LogP contribution in [0, 0.1) is 0 Å². The monoisotopic (exact) mass is 493 g/mol. The SMILES string of the molecule is CC(=O)Oc1cc2c(cc1OC(C)=O)C(CSc1nnnn1C)NCC2.O=C(O)C=CC(=O)O. The van der Waals surface area contributed by atoms with Gasteiger partial charge in [-0.2, -0.15) is 0 Å². The first-order chi connectivity index (χ1) is 16.1. The summed E-state index contributed by atoms with van der Waals surface area (Å²) in [6.45, 7) is 3.41. The van der Waals surface area contributed by atoms with Gasteiger partial charge in [0.05, 0.1) is 0 Å². The summed E-state index contributed by atoms with van der Waals surface area (Å²) < 4.78 is 12.1. The van der Waals surface area contributed by atoms with Crippen LogP contribution in [0.3, 0.4) is 0 Å². The summed E-state index contributed by atoms with van der Waals surface area (Å²) in [4.78, 5) is 41.9. The number of ether oxygens (including phenoxy) is 2. The molecule has 0 radical (unpaired) electrons. The molecule has 0 saturated heterocycles. The van der Waals surface area contributed by atoms with Crippen LogP contribution >= 0.6 is 11.8 Å². The second kappa shape index (κ2) is 12.5. The van der Waals surface area contributed by atoms with E-state index in [1.54, 1.807) is 23.9 Å². The molecule has 182 valence electrons. The number of benzene rings is 1. The van der Waals surface area contributed by atoms with Gasteiger partial charge in [-0.05, 0) is 46.7 Å². The Morgan fingerprint density at radius 2 is 1.71 bits per heavy atom. The van der Waals surface area contributed by atoms with Crippen LogP contribution in [0.4, 0.5) is 0 Å². The molecule has 34 heavy (non-hydrogen) atoms. The summed E-state index contributed by atoms with van der Waals surface area (Å²) in [6, 6.07) is 3.57. The Morgan fingerprint density at radius 3 is 2.21 bits per heavy atom. The van der Waals surface area contributed by atoms with E-state index in [-0.39, 0.29) is 17.5 Å². The zero-order valence-electron chi connectivity index (χ0n) is 18.5. The number of nitrogens with one attached hydrogen (secondary N) is 1. The van der Waals surface area contributed by atoms with Crippen molar-refractivity contribution in [2.45, 2.75) is 31.5 Å². The molecule has 1 aliphatic heterocycles. The second-order valence-electron chi connectivity index (χ2n) is 6.85. The minimum atomic E-state index is -1.26. The van der Waals surface area contributed by atoms with Crippen LogP contribution in [0.5, 0.6) is 11.5 Å². The van der Waals surface area contributed by atoms with Gasteiger partial charge in [0, 0.05) is 44.8 Å². The number of carbonyl (C=O) groups excluding carboxylic acids is 2. The third-order valence-electron chi connectivity index (χ3n) is 4.20. The Morgan fingerprint density at radius 1 is 1.12 bits per heavy atom. The van der Waals surface area contributed by atoms with Crippen molar-refractivity contribution >= 4 is 35.6 Å². The number of carboxylic acids is 2. The van der Waals surface area contributed by atoms with E-state index >= 15 is 0 Å². The maximum absolute atomic E-state index is 11.4. The highest BCUT2D eigenvalue weighted by Gasteiger charge is 2.24. The summed E-state index contributed by atoms with van der Waals surface area (Å²) in [5, 5.41) is 31.2. The van der Waals surface area contributed by atoms with E-state index < -0.39 is 23.9 Å². The van der Waals surface area contributed by atoms with Crippen molar-refractivity contribution in [2.24, 2.45) is 7.05 Å². The van der Waals surface area contributed by atoms with E-state index in [0.29, 0.717) is 17.9 Å². The van der Waals surface area contributed by atoms with Crippen molar-refractivity contribution in [3.05, 3.63) is 35.4 Å². The van der Waals surface area contributed by atoms with Crippen LogP contribution in [-0.2, 0) is 32.6 Å². The molecular weight excluding hydrogens is 470 g/mol. The van der Waals surface area contributed by atoms with Gasteiger partial charge in [-0.25, -0.2) is 14.3 Å². The fourth-order valence-corrected chi connectivity index (χ4v) is 3.84. The number of aliphatic carboxylic acids is 2. The third-order valence-corrected chi connectivity index (χ3v) is 5.31. The number of tetrazole rings is 1. The molecule has 1 aromatic heterocycles. The van der Waals surface area contributed by atoms with Gasteiger partial charge in [-0.1, -0.05) is 11.8 Å². The number of aromatic nitrogens is 4. The maximum atomic E-state index is 11.4. The Kier molecular flexibility index (Phi) is 9.70. The van der Waals surface area contributed by atoms with E-state index in [9.17, 15) is 19.2 Å². The highest BCUT2D eigenvalue weighted by Crippen LogP contribution is 2.37. The molecule has 14 heteroatoms. The lowest BCUT2D eigenvalue weighted by Gasteiger charge is -2.27. The highest BCUT2D eigenvalue weighted by molar-refractivity contribution is 7.99. The topological polar surface area (TPSA) is 183 Å². The fourth-order valence-electron chi connectivity index (χ4n) is 2.91. The lowest BCUT2D eigenvalue weighted by Crippen LogP contribution is -2.31. The van der Waals surface area contributed by atoms with Crippen LogP contribution < -0.4 is 14.8 Å². The number of aryl methyl sites for hydroxylation is 1. The van der Waals surface area contributed by atoms with Gasteiger partial charge < -0.3 is 25.0 Å². The van der Waals surface area contributed by atoms with Gasteiger partial charge in [-0.3, -0.25) is 9.59 Å². The lowest BCUT2D eigenvalue weighted by molar-refractivity contribution is -0.134. The third kappa shape index (κ3) is 8.29. The summed E-state index contributed by atoms with van der Waals surface area (Å²) >= 11 is 1.53. The molecule has 0 saturated carbocycles. The van der Waals surface area contributed by atoms with Crippen LogP contribution in [-0.4, -0.2) is 66.6 Å². The summed E-state index contributed by atoms with van der Waals surface area (Å²) in [6.07, 6.45) is 1.90. The summed E-state index contributed by atoms with van der Waals surface area (Å²) in [5.74, 6) is -2.25. The van der Waals surface area contributed by atoms with Crippen molar-refractivity contribution in [1.29, 1.82) is 0 Å². The fraction of sp³-hybridized carbons (Fsp3) is 0.350. The molecule has 0 fully saturated rings. The van der Waals surface area contributed by atoms with Gasteiger partial charge >= 0.3 is 23.9 Å². The van der Waals surface area contributed by atoms with Gasteiger partial charge in [0.15, 0.2) is 11.5 Å². The first-order valence-corrected chi connectivity index (χ1v) is 10.8. The van der Waals surface area contributed by atoms with Gasteiger partial charge in [0.25, 0.3) is 0 Å². The van der Waals surface area contributed by atoms with Crippen molar-refractivity contribution in [2.75, 3.05) is 12.3 Å². The van der Waals surface area contributed by atoms with Crippen LogP contribution in [0.1, 0.15) is 31.0 Å². The number of hydrogen-bond acceptors (Lipinski definition) is 11. The van der Waals surface area contributed by atoms with Gasteiger partial charge in [0.2, 0.25) is 5.16 Å². The number of carboxylic acid groups (broad SMARTS) is 2. The van der Waals surface area contributed by atoms with Crippen molar-refractivity contribution < 1.29 is 38.9 Å². The predicted molar refractivity (Wildman–Crippen MR) is 117 cm³/mol. The van der Waals surface area contributed by atoms with Crippen molar-refractivity contribution in [3.63, 3.8) is 0 Å². The zero-order valence-corrected chi connectivity index (χ0v) is 19.4. The van der Waals surface area contributed by atoms with Gasteiger partial charge in [-0.15, -0.1) is 5.10 Å². The average molecular weight is 493 g/mol. The number of fused-ring (bicyclic) bond motifs is 1.